The Morgan fingerprint density at radius 2 is 2.05 bits per heavy atom. The Hall–Kier alpha value is -2.70. The van der Waals surface area contributed by atoms with Crippen molar-refractivity contribution in [3.05, 3.63) is 36.9 Å². The Bertz CT molecular complexity index is 651. The first-order valence-corrected chi connectivity index (χ1v) is 7.25. The zero-order valence-electron chi connectivity index (χ0n) is 12.1. The highest BCUT2D eigenvalue weighted by Crippen LogP contribution is 2.13. The molecule has 2 amide bonds. The van der Waals surface area contributed by atoms with Crippen LogP contribution in [0.5, 0.6) is 0 Å². The molecule has 7 nitrogen and oxygen atoms in total. The standard InChI is InChI=1S/C15H17N5O2/c21-14(9-19-8-2-1-3-15(19)22)18-12-4-6-13(7-5-12)20-11-16-10-17-20/h4-7,10-11H,1-3,8-9H2,(H,18,21). The number of benzene rings is 1. The van der Waals surface area contributed by atoms with E-state index >= 15 is 0 Å². The van der Waals surface area contributed by atoms with E-state index in [9.17, 15) is 9.59 Å². The van der Waals surface area contributed by atoms with Crippen molar-refractivity contribution in [3.63, 3.8) is 0 Å². The summed E-state index contributed by atoms with van der Waals surface area (Å²) in [6.07, 6.45) is 5.49. The summed E-state index contributed by atoms with van der Waals surface area (Å²) in [4.78, 5) is 29.2. The van der Waals surface area contributed by atoms with E-state index in [1.54, 1.807) is 28.0 Å². The third-order valence-corrected chi connectivity index (χ3v) is 3.59. The summed E-state index contributed by atoms with van der Waals surface area (Å²) in [5.74, 6) is -0.119. The normalized spacial score (nSPS) is 14.9. The molecule has 1 aliphatic rings. The molecule has 1 aromatic heterocycles. The van der Waals surface area contributed by atoms with Crippen molar-refractivity contribution in [1.29, 1.82) is 0 Å². The Morgan fingerprint density at radius 1 is 1.23 bits per heavy atom. The van der Waals surface area contributed by atoms with Gasteiger partial charge in [-0.1, -0.05) is 0 Å². The van der Waals surface area contributed by atoms with Crippen LogP contribution in [0.4, 0.5) is 5.69 Å². The SMILES string of the molecule is O=C(CN1CCCCC1=O)Nc1ccc(-n2cncn2)cc1. The molecule has 22 heavy (non-hydrogen) atoms. The second-order valence-electron chi connectivity index (χ2n) is 5.21. The van der Waals surface area contributed by atoms with Crippen molar-refractivity contribution >= 4 is 17.5 Å². The first-order valence-electron chi connectivity index (χ1n) is 7.25. The van der Waals surface area contributed by atoms with Gasteiger partial charge in [-0.15, -0.1) is 0 Å². The molecule has 1 saturated heterocycles. The topological polar surface area (TPSA) is 80.1 Å². The van der Waals surface area contributed by atoms with Crippen LogP contribution in [-0.2, 0) is 9.59 Å². The molecule has 1 fully saturated rings. The Morgan fingerprint density at radius 3 is 2.73 bits per heavy atom. The second kappa shape index (κ2) is 6.38. The minimum absolute atomic E-state index is 0.0583. The van der Waals surface area contributed by atoms with E-state index in [2.05, 4.69) is 15.4 Å². The van der Waals surface area contributed by atoms with Crippen molar-refractivity contribution in [2.24, 2.45) is 0 Å². The number of hydrogen-bond donors (Lipinski definition) is 1. The van der Waals surface area contributed by atoms with Crippen molar-refractivity contribution in [3.8, 4) is 5.69 Å². The Kier molecular flexibility index (Phi) is 4.13. The summed E-state index contributed by atoms with van der Waals surface area (Å²) >= 11 is 0. The van der Waals surface area contributed by atoms with E-state index in [0.29, 0.717) is 18.7 Å². The van der Waals surface area contributed by atoms with Crippen LogP contribution in [0.15, 0.2) is 36.9 Å². The van der Waals surface area contributed by atoms with Crippen LogP contribution in [0.25, 0.3) is 5.69 Å². The van der Waals surface area contributed by atoms with Crippen molar-refractivity contribution in [2.75, 3.05) is 18.4 Å². The zero-order valence-corrected chi connectivity index (χ0v) is 12.1. The lowest BCUT2D eigenvalue weighted by atomic mass is 10.1. The maximum Gasteiger partial charge on any atom is 0.243 e. The summed E-state index contributed by atoms with van der Waals surface area (Å²) in [5, 5.41) is 6.84. The number of carbonyl (C=O) groups is 2. The number of nitrogens with one attached hydrogen (secondary N) is 1. The number of likely N-dealkylation sites (tertiary alicyclic amines) is 1. The van der Waals surface area contributed by atoms with Crippen molar-refractivity contribution in [2.45, 2.75) is 19.3 Å². The molecule has 0 saturated carbocycles. The van der Waals surface area contributed by atoms with Crippen LogP contribution in [-0.4, -0.2) is 44.6 Å². The van der Waals surface area contributed by atoms with E-state index in [1.165, 1.54) is 6.33 Å². The summed E-state index contributed by atoms with van der Waals surface area (Å²) in [5.41, 5.74) is 1.56. The Balaban J connectivity index is 1.58. The van der Waals surface area contributed by atoms with Gasteiger partial charge in [0.05, 0.1) is 12.2 Å². The van der Waals surface area contributed by atoms with Crippen LogP contribution >= 0.6 is 0 Å². The predicted molar refractivity (Wildman–Crippen MR) is 80.4 cm³/mol. The number of aromatic nitrogens is 3. The molecule has 1 aromatic carbocycles. The van der Waals surface area contributed by atoms with Crippen molar-refractivity contribution < 1.29 is 9.59 Å². The van der Waals surface area contributed by atoms with Gasteiger partial charge in [0, 0.05) is 18.7 Å². The lowest BCUT2D eigenvalue weighted by Gasteiger charge is -2.25. The van der Waals surface area contributed by atoms with E-state index < -0.39 is 0 Å². The monoisotopic (exact) mass is 299 g/mol. The van der Waals surface area contributed by atoms with Gasteiger partial charge in [-0.3, -0.25) is 9.59 Å². The molecule has 0 radical (unpaired) electrons. The van der Waals surface area contributed by atoms with Crippen LogP contribution in [0.1, 0.15) is 19.3 Å². The molecular weight excluding hydrogens is 282 g/mol. The molecule has 0 unspecified atom stereocenters. The number of nitrogens with zero attached hydrogens (tertiary/aromatic N) is 4. The van der Waals surface area contributed by atoms with Crippen LogP contribution in [0, 0.1) is 0 Å². The first-order chi connectivity index (χ1) is 10.7. The number of carbonyl (C=O) groups excluding carboxylic acids is 2. The molecule has 0 bridgehead atoms. The highest BCUT2D eigenvalue weighted by Gasteiger charge is 2.20. The third kappa shape index (κ3) is 3.30. The van der Waals surface area contributed by atoms with Gasteiger partial charge in [0.15, 0.2) is 0 Å². The van der Waals surface area contributed by atoms with Gasteiger partial charge >= 0.3 is 0 Å². The molecule has 7 heteroatoms. The lowest BCUT2D eigenvalue weighted by molar-refractivity contribution is -0.136. The van der Waals surface area contributed by atoms with Gasteiger partial charge in [0.2, 0.25) is 11.8 Å². The van der Waals surface area contributed by atoms with Gasteiger partial charge in [-0.05, 0) is 37.1 Å². The average Bonchev–Trinajstić information content (AvgIpc) is 3.05. The fourth-order valence-corrected chi connectivity index (χ4v) is 2.44. The molecule has 2 aromatic rings. The highest BCUT2D eigenvalue weighted by atomic mass is 16.2. The molecule has 2 heterocycles. The molecule has 0 aliphatic carbocycles. The summed E-state index contributed by atoms with van der Waals surface area (Å²) < 4.78 is 1.64. The molecule has 3 rings (SSSR count). The number of rotatable bonds is 4. The fourth-order valence-electron chi connectivity index (χ4n) is 2.44. The van der Waals surface area contributed by atoms with E-state index in [1.807, 2.05) is 12.1 Å². The van der Waals surface area contributed by atoms with E-state index in [4.69, 9.17) is 0 Å². The smallest absolute Gasteiger partial charge is 0.243 e. The molecule has 114 valence electrons. The molecule has 1 N–H and O–H groups in total. The minimum atomic E-state index is -0.177. The number of piperidine rings is 1. The fraction of sp³-hybridized carbons (Fsp3) is 0.333. The van der Waals surface area contributed by atoms with Crippen molar-refractivity contribution in [1.82, 2.24) is 19.7 Å². The maximum atomic E-state index is 12.0. The molecular formula is C15H17N5O2. The van der Waals surface area contributed by atoms with Crippen LogP contribution in [0.3, 0.4) is 0 Å². The Labute approximate surface area is 127 Å². The quantitative estimate of drug-likeness (QED) is 0.920. The van der Waals surface area contributed by atoms with E-state index in [-0.39, 0.29) is 18.4 Å². The summed E-state index contributed by atoms with van der Waals surface area (Å²) in [6, 6.07) is 7.28. The predicted octanol–water partition coefficient (Wildman–Crippen LogP) is 1.22. The second-order valence-corrected chi connectivity index (χ2v) is 5.21. The summed E-state index contributed by atoms with van der Waals surface area (Å²) in [7, 11) is 0. The summed E-state index contributed by atoms with van der Waals surface area (Å²) in [6.45, 7) is 0.779. The lowest BCUT2D eigenvalue weighted by Crippen LogP contribution is -2.40. The largest absolute Gasteiger partial charge is 0.333 e. The zero-order chi connectivity index (χ0) is 15.4. The number of hydrogen-bond acceptors (Lipinski definition) is 4. The van der Waals surface area contributed by atoms with Gasteiger partial charge in [-0.25, -0.2) is 9.67 Å². The average molecular weight is 299 g/mol. The first kappa shape index (κ1) is 14.2. The minimum Gasteiger partial charge on any atom is -0.333 e. The molecule has 0 spiro atoms. The van der Waals surface area contributed by atoms with Crippen LogP contribution in [0.2, 0.25) is 0 Å². The van der Waals surface area contributed by atoms with Gasteiger partial charge in [-0.2, -0.15) is 5.10 Å². The van der Waals surface area contributed by atoms with Gasteiger partial charge in [0.25, 0.3) is 0 Å². The number of anilines is 1. The van der Waals surface area contributed by atoms with E-state index in [0.717, 1.165) is 18.5 Å². The van der Waals surface area contributed by atoms with Gasteiger partial charge in [0.1, 0.15) is 12.7 Å². The van der Waals surface area contributed by atoms with Gasteiger partial charge < -0.3 is 10.2 Å². The molecule has 0 atom stereocenters. The molecule has 1 aliphatic heterocycles. The maximum absolute atomic E-state index is 12.0. The third-order valence-electron chi connectivity index (χ3n) is 3.59. The highest BCUT2D eigenvalue weighted by molar-refractivity contribution is 5.94. The number of amides is 2. The van der Waals surface area contributed by atoms with Crippen LogP contribution < -0.4 is 5.32 Å².